The number of aromatic carboxylic acids is 1. The lowest BCUT2D eigenvalue weighted by Gasteiger charge is -2.12. The second kappa shape index (κ2) is 5.73. The summed E-state index contributed by atoms with van der Waals surface area (Å²) in [6, 6.07) is 7.44. The molecule has 1 aromatic carbocycles. The summed E-state index contributed by atoms with van der Waals surface area (Å²) in [5.74, 6) is -0.153. The molecule has 1 aromatic heterocycles. The standard InChI is InChI=1S/C15H13BrN2O3/c16-11-6-9-3-5-21-14(9)10(7-11)8-18-12-2-1-4-17-13(12)15(19)20/h1-2,4,6-7,18H,3,5,8H2,(H,19,20). The fourth-order valence-corrected chi connectivity index (χ4v) is 2.94. The summed E-state index contributed by atoms with van der Waals surface area (Å²) in [5.41, 5.74) is 2.68. The number of nitrogens with one attached hydrogen (secondary N) is 1. The monoisotopic (exact) mass is 348 g/mol. The van der Waals surface area contributed by atoms with Gasteiger partial charge in [-0.1, -0.05) is 15.9 Å². The molecule has 0 saturated heterocycles. The number of carboxylic acids is 1. The highest BCUT2D eigenvalue weighted by Gasteiger charge is 2.18. The molecule has 0 bridgehead atoms. The van der Waals surface area contributed by atoms with Gasteiger partial charge in [0.15, 0.2) is 5.69 Å². The van der Waals surface area contributed by atoms with E-state index in [9.17, 15) is 4.79 Å². The summed E-state index contributed by atoms with van der Waals surface area (Å²) in [6.45, 7) is 1.17. The number of ether oxygens (including phenoxy) is 1. The zero-order chi connectivity index (χ0) is 14.8. The molecule has 1 aliphatic rings. The first-order valence-corrected chi connectivity index (χ1v) is 7.31. The van der Waals surface area contributed by atoms with Crippen LogP contribution < -0.4 is 10.1 Å². The topological polar surface area (TPSA) is 71.5 Å². The number of fused-ring (bicyclic) bond motifs is 1. The van der Waals surface area contributed by atoms with E-state index in [2.05, 4.69) is 32.3 Å². The minimum absolute atomic E-state index is 0.0186. The summed E-state index contributed by atoms with van der Waals surface area (Å²) in [4.78, 5) is 15.0. The Bertz CT molecular complexity index is 703. The number of pyridine rings is 1. The zero-order valence-electron chi connectivity index (χ0n) is 11.1. The van der Waals surface area contributed by atoms with Crippen LogP contribution in [0.3, 0.4) is 0 Å². The molecule has 0 unspecified atom stereocenters. The molecule has 3 rings (SSSR count). The lowest BCUT2D eigenvalue weighted by atomic mass is 10.1. The van der Waals surface area contributed by atoms with Gasteiger partial charge in [0.1, 0.15) is 5.75 Å². The maximum Gasteiger partial charge on any atom is 0.356 e. The van der Waals surface area contributed by atoms with E-state index < -0.39 is 5.97 Å². The normalized spacial score (nSPS) is 12.6. The van der Waals surface area contributed by atoms with Crippen molar-refractivity contribution in [1.82, 2.24) is 4.98 Å². The molecule has 2 heterocycles. The largest absolute Gasteiger partial charge is 0.493 e. The molecule has 0 amide bonds. The molecule has 0 atom stereocenters. The lowest BCUT2D eigenvalue weighted by molar-refractivity contribution is 0.0691. The Morgan fingerprint density at radius 3 is 3.14 bits per heavy atom. The minimum atomic E-state index is -1.05. The van der Waals surface area contributed by atoms with Crippen LogP contribution in [0.25, 0.3) is 0 Å². The Hall–Kier alpha value is -2.08. The summed E-state index contributed by atoms with van der Waals surface area (Å²) in [7, 11) is 0. The van der Waals surface area contributed by atoms with E-state index in [0.29, 0.717) is 18.8 Å². The van der Waals surface area contributed by atoms with Gasteiger partial charge in [-0.3, -0.25) is 0 Å². The third-order valence-corrected chi connectivity index (χ3v) is 3.76. The lowest BCUT2D eigenvalue weighted by Crippen LogP contribution is -2.08. The number of carboxylic acid groups (broad SMARTS) is 1. The van der Waals surface area contributed by atoms with Gasteiger partial charge in [0.2, 0.25) is 0 Å². The molecule has 108 valence electrons. The molecule has 6 heteroatoms. The number of rotatable bonds is 4. The number of nitrogens with zero attached hydrogens (tertiary/aromatic N) is 1. The van der Waals surface area contributed by atoms with Crippen molar-refractivity contribution < 1.29 is 14.6 Å². The van der Waals surface area contributed by atoms with Crippen LogP contribution >= 0.6 is 15.9 Å². The van der Waals surface area contributed by atoms with Crippen molar-refractivity contribution >= 4 is 27.6 Å². The van der Waals surface area contributed by atoms with Gasteiger partial charge in [-0.15, -0.1) is 0 Å². The third-order valence-electron chi connectivity index (χ3n) is 3.30. The minimum Gasteiger partial charge on any atom is -0.493 e. The molecule has 1 aliphatic heterocycles. The quantitative estimate of drug-likeness (QED) is 0.888. The highest BCUT2D eigenvalue weighted by Crippen LogP contribution is 2.33. The Labute approximate surface area is 130 Å². The van der Waals surface area contributed by atoms with Crippen molar-refractivity contribution in [2.75, 3.05) is 11.9 Å². The second-order valence-electron chi connectivity index (χ2n) is 4.71. The predicted octanol–water partition coefficient (Wildman–Crippen LogP) is 3.09. The first-order valence-electron chi connectivity index (χ1n) is 6.51. The Balaban J connectivity index is 1.85. The highest BCUT2D eigenvalue weighted by atomic mass is 79.9. The molecule has 0 saturated carbocycles. The maximum absolute atomic E-state index is 11.1. The van der Waals surface area contributed by atoms with Crippen LogP contribution in [-0.2, 0) is 13.0 Å². The summed E-state index contributed by atoms with van der Waals surface area (Å²) < 4.78 is 6.65. The predicted molar refractivity (Wildman–Crippen MR) is 81.9 cm³/mol. The molecule has 2 N–H and O–H groups in total. The van der Waals surface area contributed by atoms with Gasteiger partial charge in [0, 0.05) is 29.2 Å². The number of anilines is 1. The number of carbonyl (C=O) groups is 1. The van der Waals surface area contributed by atoms with Crippen molar-refractivity contribution in [2.45, 2.75) is 13.0 Å². The van der Waals surface area contributed by atoms with E-state index in [1.165, 1.54) is 11.8 Å². The zero-order valence-corrected chi connectivity index (χ0v) is 12.7. The molecule has 2 aromatic rings. The Kier molecular flexibility index (Phi) is 3.79. The number of hydrogen-bond acceptors (Lipinski definition) is 4. The first kappa shape index (κ1) is 13.9. The van der Waals surface area contributed by atoms with Crippen LogP contribution in [0.1, 0.15) is 21.6 Å². The molecular formula is C15H13BrN2O3. The van der Waals surface area contributed by atoms with Gasteiger partial charge in [0.25, 0.3) is 0 Å². The van der Waals surface area contributed by atoms with Gasteiger partial charge < -0.3 is 15.2 Å². The molecule has 0 radical (unpaired) electrons. The van der Waals surface area contributed by atoms with E-state index in [1.54, 1.807) is 12.1 Å². The number of benzene rings is 1. The van der Waals surface area contributed by atoms with Crippen LogP contribution in [-0.4, -0.2) is 22.7 Å². The second-order valence-corrected chi connectivity index (χ2v) is 5.63. The summed E-state index contributed by atoms with van der Waals surface area (Å²) >= 11 is 3.49. The van der Waals surface area contributed by atoms with E-state index >= 15 is 0 Å². The van der Waals surface area contributed by atoms with Crippen LogP contribution in [0.2, 0.25) is 0 Å². The maximum atomic E-state index is 11.1. The summed E-state index contributed by atoms with van der Waals surface area (Å²) in [6.07, 6.45) is 2.36. The number of halogens is 1. The van der Waals surface area contributed by atoms with E-state index in [1.807, 2.05) is 6.07 Å². The van der Waals surface area contributed by atoms with Crippen LogP contribution in [0.5, 0.6) is 5.75 Å². The van der Waals surface area contributed by atoms with Crippen LogP contribution in [0, 0.1) is 0 Å². The van der Waals surface area contributed by atoms with Crippen molar-refractivity contribution in [3.8, 4) is 5.75 Å². The molecule has 0 spiro atoms. The molecule has 5 nitrogen and oxygen atoms in total. The van der Waals surface area contributed by atoms with Crippen LogP contribution in [0.15, 0.2) is 34.9 Å². The molecular weight excluding hydrogens is 336 g/mol. The Morgan fingerprint density at radius 1 is 1.48 bits per heavy atom. The molecule has 0 aliphatic carbocycles. The van der Waals surface area contributed by atoms with Crippen molar-refractivity contribution in [1.29, 1.82) is 0 Å². The number of aromatic nitrogens is 1. The number of hydrogen-bond donors (Lipinski definition) is 2. The fraction of sp³-hybridized carbons (Fsp3) is 0.200. The van der Waals surface area contributed by atoms with Gasteiger partial charge in [0.05, 0.1) is 12.3 Å². The first-order chi connectivity index (χ1) is 10.1. The highest BCUT2D eigenvalue weighted by molar-refractivity contribution is 9.10. The summed E-state index contributed by atoms with van der Waals surface area (Å²) in [5, 5.41) is 12.3. The van der Waals surface area contributed by atoms with Gasteiger partial charge in [-0.05, 0) is 29.8 Å². The smallest absolute Gasteiger partial charge is 0.356 e. The van der Waals surface area contributed by atoms with Crippen molar-refractivity contribution in [3.63, 3.8) is 0 Å². The average molecular weight is 349 g/mol. The van der Waals surface area contributed by atoms with Gasteiger partial charge in [-0.2, -0.15) is 0 Å². The van der Waals surface area contributed by atoms with Crippen molar-refractivity contribution in [3.05, 3.63) is 51.8 Å². The SMILES string of the molecule is O=C(O)c1ncccc1NCc1cc(Br)cc2c1OCC2. The van der Waals surface area contributed by atoms with E-state index in [-0.39, 0.29) is 5.69 Å². The van der Waals surface area contributed by atoms with E-state index in [0.717, 1.165) is 22.2 Å². The average Bonchev–Trinajstić information content (AvgIpc) is 2.93. The Morgan fingerprint density at radius 2 is 2.33 bits per heavy atom. The fourth-order valence-electron chi connectivity index (χ4n) is 2.39. The van der Waals surface area contributed by atoms with Gasteiger partial charge >= 0.3 is 5.97 Å². The molecule has 0 fully saturated rings. The molecule has 21 heavy (non-hydrogen) atoms. The van der Waals surface area contributed by atoms with Gasteiger partial charge in [-0.25, -0.2) is 9.78 Å². The van der Waals surface area contributed by atoms with E-state index in [4.69, 9.17) is 9.84 Å². The third kappa shape index (κ3) is 2.85. The van der Waals surface area contributed by atoms with Crippen molar-refractivity contribution in [2.24, 2.45) is 0 Å². The van der Waals surface area contributed by atoms with Crippen LogP contribution in [0.4, 0.5) is 5.69 Å².